The predicted molar refractivity (Wildman–Crippen MR) is 94.6 cm³/mol. The van der Waals surface area contributed by atoms with E-state index in [2.05, 4.69) is 9.69 Å². The Hall–Kier alpha value is -2.45. The Kier molecular flexibility index (Phi) is 4.37. The van der Waals surface area contributed by atoms with Gasteiger partial charge in [0.05, 0.1) is 30.3 Å². The molecule has 0 saturated carbocycles. The number of rotatable bonds is 4. The molecule has 0 aliphatic carbocycles. The van der Waals surface area contributed by atoms with E-state index in [4.69, 9.17) is 14.5 Å². The highest BCUT2D eigenvalue weighted by Crippen LogP contribution is 2.28. The second-order valence-corrected chi connectivity index (χ2v) is 6.60. The van der Waals surface area contributed by atoms with Crippen molar-refractivity contribution in [3.63, 3.8) is 0 Å². The Labute approximate surface area is 148 Å². The van der Waals surface area contributed by atoms with Crippen molar-refractivity contribution in [3.8, 4) is 5.75 Å². The van der Waals surface area contributed by atoms with Crippen molar-refractivity contribution in [3.05, 3.63) is 41.3 Å². The van der Waals surface area contributed by atoms with Crippen molar-refractivity contribution in [2.75, 3.05) is 25.6 Å². The molecule has 0 unspecified atom stereocenters. The molecule has 130 valence electrons. The van der Waals surface area contributed by atoms with E-state index in [1.54, 1.807) is 30.9 Å². The number of imidazole rings is 1. The van der Waals surface area contributed by atoms with Crippen LogP contribution in [0, 0.1) is 0 Å². The zero-order chi connectivity index (χ0) is 17.2. The fourth-order valence-corrected chi connectivity index (χ4v) is 3.50. The van der Waals surface area contributed by atoms with E-state index >= 15 is 0 Å². The highest BCUT2D eigenvalue weighted by atomic mass is 32.1. The number of anilines is 1. The fraction of sp³-hybridized carbons (Fsp3) is 0.353. The molecule has 1 aliphatic heterocycles. The lowest BCUT2D eigenvalue weighted by Crippen LogP contribution is -2.14. The molecule has 0 spiro atoms. The van der Waals surface area contributed by atoms with Crippen molar-refractivity contribution in [1.82, 2.24) is 13.8 Å². The largest absolute Gasteiger partial charge is 0.496 e. The van der Waals surface area contributed by atoms with Gasteiger partial charge in [0.25, 0.3) is 5.91 Å². The molecule has 0 atom stereocenters. The summed E-state index contributed by atoms with van der Waals surface area (Å²) in [5.74, 6) is 0.659. The first kappa shape index (κ1) is 16.0. The lowest BCUT2D eigenvalue weighted by atomic mass is 9.97. The van der Waals surface area contributed by atoms with Gasteiger partial charge in [-0.3, -0.25) is 4.79 Å². The minimum absolute atomic E-state index is 0.236. The molecule has 3 aromatic rings. The van der Waals surface area contributed by atoms with Gasteiger partial charge in [0, 0.05) is 43.0 Å². The van der Waals surface area contributed by atoms with E-state index in [-0.39, 0.29) is 5.91 Å². The molecule has 1 aliphatic rings. The number of nitrogens with zero attached hydrogens (tertiary/aromatic N) is 3. The van der Waals surface area contributed by atoms with Gasteiger partial charge in [-0.2, -0.15) is 4.37 Å². The maximum absolute atomic E-state index is 12.6. The molecule has 1 saturated heterocycles. The third-order valence-corrected chi connectivity index (χ3v) is 4.95. The zero-order valence-electron chi connectivity index (χ0n) is 13.8. The Morgan fingerprint density at radius 3 is 2.96 bits per heavy atom. The number of hydrogen-bond acceptors (Lipinski definition) is 6. The van der Waals surface area contributed by atoms with Crippen LogP contribution in [0.15, 0.2) is 30.0 Å². The summed E-state index contributed by atoms with van der Waals surface area (Å²) in [6.07, 6.45) is 7.32. The quantitative estimate of drug-likeness (QED) is 0.776. The van der Waals surface area contributed by atoms with Gasteiger partial charge in [-0.25, -0.2) is 4.98 Å². The summed E-state index contributed by atoms with van der Waals surface area (Å²) < 4.78 is 16.7. The van der Waals surface area contributed by atoms with Crippen LogP contribution in [0.1, 0.15) is 34.8 Å². The third-order valence-electron chi connectivity index (χ3n) is 4.37. The highest BCUT2D eigenvalue weighted by Gasteiger charge is 2.21. The molecule has 3 aromatic heterocycles. The summed E-state index contributed by atoms with van der Waals surface area (Å²) >= 11 is 1.29. The highest BCUT2D eigenvalue weighted by molar-refractivity contribution is 7.04. The second-order valence-electron chi connectivity index (χ2n) is 5.94. The summed E-state index contributed by atoms with van der Waals surface area (Å²) in [4.78, 5) is 17.3. The molecule has 0 radical (unpaired) electrons. The smallest absolute Gasteiger partial charge is 0.261 e. The molecule has 4 rings (SSSR count). The van der Waals surface area contributed by atoms with Crippen LogP contribution in [0.3, 0.4) is 0 Å². The van der Waals surface area contributed by atoms with Crippen LogP contribution in [0.2, 0.25) is 0 Å². The minimum Gasteiger partial charge on any atom is -0.496 e. The van der Waals surface area contributed by atoms with E-state index in [0.717, 1.165) is 37.4 Å². The zero-order valence-corrected chi connectivity index (χ0v) is 14.6. The lowest BCUT2D eigenvalue weighted by Gasteiger charge is -2.19. The fourth-order valence-electron chi connectivity index (χ4n) is 3.03. The molecule has 25 heavy (non-hydrogen) atoms. The Morgan fingerprint density at radius 2 is 2.24 bits per heavy atom. The van der Waals surface area contributed by atoms with Crippen molar-refractivity contribution in [1.29, 1.82) is 0 Å². The van der Waals surface area contributed by atoms with Gasteiger partial charge in [-0.1, -0.05) is 0 Å². The Bertz CT molecular complexity index is 885. The third kappa shape index (κ3) is 3.22. The lowest BCUT2D eigenvalue weighted by molar-refractivity contribution is 0.0846. The van der Waals surface area contributed by atoms with Crippen molar-refractivity contribution < 1.29 is 14.3 Å². The summed E-state index contributed by atoms with van der Waals surface area (Å²) in [6, 6.07) is 1.80. The number of carbonyl (C=O) groups excluding carboxylic acids is 1. The van der Waals surface area contributed by atoms with Crippen LogP contribution in [0.25, 0.3) is 5.65 Å². The van der Waals surface area contributed by atoms with Gasteiger partial charge in [0.15, 0.2) is 0 Å². The van der Waals surface area contributed by atoms with E-state index < -0.39 is 0 Å². The molecule has 1 N–H and O–H groups in total. The molecule has 1 amide bonds. The normalized spacial score (nSPS) is 15.4. The standard InChI is InChI=1S/C17H18N4O3S/c1-23-15-6-16-20-14(11-2-4-24-5-3-11)9-21(16)8-13(15)17(22)19-12-7-18-25-10-12/h6-11H,2-5H2,1H3,(H,19,22). The van der Waals surface area contributed by atoms with Crippen LogP contribution < -0.4 is 10.1 Å². The first-order valence-electron chi connectivity index (χ1n) is 8.09. The van der Waals surface area contributed by atoms with Crippen molar-refractivity contribution in [2.45, 2.75) is 18.8 Å². The average Bonchev–Trinajstić information content (AvgIpc) is 3.30. The minimum atomic E-state index is -0.236. The Balaban J connectivity index is 1.67. The predicted octanol–water partition coefficient (Wildman–Crippen LogP) is 2.95. The maximum atomic E-state index is 12.6. The number of fused-ring (bicyclic) bond motifs is 1. The van der Waals surface area contributed by atoms with Crippen LogP contribution in [-0.4, -0.2) is 40.0 Å². The van der Waals surface area contributed by atoms with Gasteiger partial charge < -0.3 is 19.2 Å². The molecular formula is C17H18N4O3S. The van der Waals surface area contributed by atoms with Crippen LogP contribution in [-0.2, 0) is 4.74 Å². The van der Waals surface area contributed by atoms with Crippen LogP contribution in [0.4, 0.5) is 5.69 Å². The summed E-state index contributed by atoms with van der Waals surface area (Å²) in [5, 5.41) is 4.61. The number of hydrogen-bond donors (Lipinski definition) is 1. The monoisotopic (exact) mass is 358 g/mol. The summed E-state index contributed by atoms with van der Waals surface area (Å²) in [7, 11) is 1.55. The molecule has 4 heterocycles. The van der Waals surface area contributed by atoms with E-state index in [9.17, 15) is 4.79 Å². The number of carbonyl (C=O) groups is 1. The number of pyridine rings is 1. The van der Waals surface area contributed by atoms with E-state index in [1.165, 1.54) is 11.5 Å². The van der Waals surface area contributed by atoms with Crippen LogP contribution in [0.5, 0.6) is 5.75 Å². The number of methoxy groups -OCH3 is 1. The van der Waals surface area contributed by atoms with Gasteiger partial charge in [-0.15, -0.1) is 0 Å². The van der Waals surface area contributed by atoms with Gasteiger partial charge in [-0.05, 0) is 24.4 Å². The molecule has 0 bridgehead atoms. The van der Waals surface area contributed by atoms with Crippen LogP contribution >= 0.6 is 11.5 Å². The second kappa shape index (κ2) is 6.81. The molecular weight excluding hydrogens is 340 g/mol. The molecule has 8 heteroatoms. The average molecular weight is 358 g/mol. The maximum Gasteiger partial charge on any atom is 0.261 e. The first-order valence-corrected chi connectivity index (χ1v) is 8.93. The first-order chi connectivity index (χ1) is 12.2. The molecule has 7 nitrogen and oxygen atoms in total. The van der Waals surface area contributed by atoms with Gasteiger partial charge >= 0.3 is 0 Å². The van der Waals surface area contributed by atoms with Gasteiger partial charge in [0.2, 0.25) is 0 Å². The number of nitrogens with one attached hydrogen (secondary N) is 1. The van der Waals surface area contributed by atoms with Crippen molar-refractivity contribution in [2.24, 2.45) is 0 Å². The topological polar surface area (TPSA) is 77.8 Å². The molecule has 0 aromatic carbocycles. The number of aromatic nitrogens is 3. The van der Waals surface area contributed by atoms with Crippen molar-refractivity contribution >= 4 is 28.8 Å². The van der Waals surface area contributed by atoms with Gasteiger partial charge in [0.1, 0.15) is 11.4 Å². The number of amides is 1. The summed E-state index contributed by atoms with van der Waals surface area (Å²) in [5.41, 5.74) is 2.93. The number of ether oxygens (including phenoxy) is 2. The van der Waals surface area contributed by atoms with E-state index in [0.29, 0.717) is 22.9 Å². The molecule has 1 fully saturated rings. The van der Waals surface area contributed by atoms with E-state index in [1.807, 2.05) is 10.6 Å². The SMILES string of the molecule is COc1cc2nc(C3CCOCC3)cn2cc1C(=O)Nc1cnsc1. The Morgan fingerprint density at radius 1 is 1.40 bits per heavy atom. The summed E-state index contributed by atoms with van der Waals surface area (Å²) in [6.45, 7) is 1.54.